The normalized spacial score (nSPS) is 14.0. The van der Waals surface area contributed by atoms with E-state index in [4.69, 9.17) is 13.8 Å². The number of allylic oxidation sites excluding steroid dienone is 15. The van der Waals surface area contributed by atoms with Crippen LogP contribution in [0.4, 0.5) is 0 Å². The number of amides is 1. The monoisotopic (exact) mass is 1260 g/mol. The van der Waals surface area contributed by atoms with E-state index in [1.165, 1.54) is 205 Å². The van der Waals surface area contributed by atoms with Crippen molar-refractivity contribution in [3.05, 3.63) is 97.2 Å². The lowest BCUT2D eigenvalue weighted by atomic mass is 10.0. The second kappa shape index (κ2) is 67.8. The molecule has 0 saturated heterocycles. The zero-order valence-electron chi connectivity index (χ0n) is 59.2. The zero-order valence-corrected chi connectivity index (χ0v) is 60.1. The molecule has 0 aliphatic heterocycles. The third-order valence-electron chi connectivity index (χ3n) is 16.5. The first-order valence-electron chi connectivity index (χ1n) is 37.6. The molecular weight excluding hydrogens is 1120 g/mol. The molecule has 0 bridgehead atoms. The van der Waals surface area contributed by atoms with Crippen LogP contribution in [0, 0.1) is 0 Å². The molecule has 10 heteroatoms. The Kier molecular flexibility index (Phi) is 65.5. The van der Waals surface area contributed by atoms with Crippen LogP contribution in [0.25, 0.3) is 0 Å². The number of rotatable bonds is 68. The lowest BCUT2D eigenvalue weighted by Crippen LogP contribution is -2.47. The van der Waals surface area contributed by atoms with Crippen LogP contribution in [0.15, 0.2) is 97.2 Å². The van der Waals surface area contributed by atoms with Gasteiger partial charge in [0.25, 0.3) is 0 Å². The third kappa shape index (κ3) is 69.1. The van der Waals surface area contributed by atoms with Crippen molar-refractivity contribution in [3.8, 4) is 0 Å². The van der Waals surface area contributed by atoms with Gasteiger partial charge in [0.1, 0.15) is 19.3 Å². The Labute approximate surface area is 551 Å². The van der Waals surface area contributed by atoms with Crippen molar-refractivity contribution < 1.29 is 37.3 Å². The largest absolute Gasteiger partial charge is 0.472 e. The number of nitrogens with one attached hydrogen (secondary N) is 1. The molecule has 0 fully saturated rings. The van der Waals surface area contributed by atoms with E-state index in [0.717, 1.165) is 103 Å². The standard InChI is InChI=1S/C79H143N2O7P/c1-7-10-13-16-19-22-25-27-29-31-33-35-37-39-40-42-44-46-48-50-52-54-57-60-63-66-69-72-79(83)88-77(70-67-64-61-58-55-24-21-18-15-12-9-3)76(75-87-89(84,85)86-74-73-81(4,5)6)80-78(82)71-68-65-62-59-56-53-51-49-47-45-43-41-38-36-34-32-30-28-26-23-20-17-14-11-8-2/h19-20,22-23,27-30,33-36,41,43,67,70,76-77H,7-18,21,24-26,31-32,37-40,42,44-66,68-69,71-75H2,1-6H3,(H-,80,82,84,85)/p+1/b22-19-,23-20-,29-27-,30-28-,35-33-,36-34-,43-41-,70-67+. The molecular formula is C79H144N2O7P+. The maximum atomic E-state index is 13.6. The van der Waals surface area contributed by atoms with Crippen LogP contribution in [-0.4, -0.2) is 74.3 Å². The molecule has 0 rings (SSSR count). The minimum absolute atomic E-state index is 0.0359. The molecule has 9 nitrogen and oxygen atoms in total. The Morgan fingerprint density at radius 2 is 0.685 bits per heavy atom. The number of nitrogens with zero attached hydrogens (tertiary/aromatic N) is 1. The van der Waals surface area contributed by atoms with Crippen molar-refractivity contribution in [2.75, 3.05) is 40.9 Å². The fourth-order valence-electron chi connectivity index (χ4n) is 10.7. The van der Waals surface area contributed by atoms with Gasteiger partial charge < -0.3 is 19.4 Å². The number of phosphoric acid groups is 1. The molecule has 0 aromatic carbocycles. The Hall–Kier alpha value is -3.07. The summed E-state index contributed by atoms with van der Waals surface area (Å²) in [6.07, 6.45) is 92.8. The fourth-order valence-corrected chi connectivity index (χ4v) is 11.4. The van der Waals surface area contributed by atoms with Gasteiger partial charge in [-0.15, -0.1) is 0 Å². The van der Waals surface area contributed by atoms with Crippen LogP contribution in [0.2, 0.25) is 0 Å². The number of likely N-dealkylation sites (N-methyl/N-ethyl adjacent to an activating group) is 1. The summed E-state index contributed by atoms with van der Waals surface area (Å²) in [5.41, 5.74) is 0. The molecule has 0 aliphatic carbocycles. The van der Waals surface area contributed by atoms with Crippen LogP contribution in [0.5, 0.6) is 0 Å². The molecule has 3 unspecified atom stereocenters. The van der Waals surface area contributed by atoms with Gasteiger partial charge in [0.15, 0.2) is 0 Å². The van der Waals surface area contributed by atoms with Crippen molar-refractivity contribution in [2.24, 2.45) is 0 Å². The van der Waals surface area contributed by atoms with Gasteiger partial charge in [0, 0.05) is 12.8 Å². The summed E-state index contributed by atoms with van der Waals surface area (Å²) in [7, 11) is 1.49. The van der Waals surface area contributed by atoms with Gasteiger partial charge in [0.2, 0.25) is 5.91 Å². The van der Waals surface area contributed by atoms with E-state index in [0.29, 0.717) is 17.4 Å². The number of carbonyl (C=O) groups is 2. The zero-order chi connectivity index (χ0) is 64.9. The highest BCUT2D eigenvalue weighted by molar-refractivity contribution is 7.47. The molecule has 0 aliphatic rings. The van der Waals surface area contributed by atoms with Gasteiger partial charge in [-0.1, -0.05) is 311 Å². The number of phosphoric ester groups is 1. The summed E-state index contributed by atoms with van der Waals surface area (Å²) in [6, 6.07) is -0.857. The molecule has 0 spiro atoms. The van der Waals surface area contributed by atoms with E-state index in [-0.39, 0.29) is 31.5 Å². The predicted octanol–water partition coefficient (Wildman–Crippen LogP) is 24.2. The smallest absolute Gasteiger partial charge is 0.456 e. The summed E-state index contributed by atoms with van der Waals surface area (Å²) >= 11 is 0. The Morgan fingerprint density at radius 3 is 1.04 bits per heavy atom. The molecule has 1 amide bonds. The minimum Gasteiger partial charge on any atom is -0.456 e. The molecule has 3 atom stereocenters. The third-order valence-corrected chi connectivity index (χ3v) is 17.5. The van der Waals surface area contributed by atoms with E-state index in [9.17, 15) is 19.0 Å². The molecule has 0 heterocycles. The van der Waals surface area contributed by atoms with Crippen LogP contribution < -0.4 is 5.32 Å². The Bertz CT molecular complexity index is 1840. The van der Waals surface area contributed by atoms with Gasteiger partial charge >= 0.3 is 13.8 Å². The first kappa shape index (κ1) is 85.9. The summed E-state index contributed by atoms with van der Waals surface area (Å²) in [4.78, 5) is 37.9. The molecule has 2 N–H and O–H groups in total. The summed E-state index contributed by atoms with van der Waals surface area (Å²) in [5, 5.41) is 3.07. The molecule has 0 aromatic rings. The van der Waals surface area contributed by atoms with Gasteiger partial charge in [-0.3, -0.25) is 18.6 Å². The molecule has 516 valence electrons. The van der Waals surface area contributed by atoms with E-state index < -0.39 is 20.0 Å². The van der Waals surface area contributed by atoms with Crippen LogP contribution in [0.3, 0.4) is 0 Å². The summed E-state index contributed by atoms with van der Waals surface area (Å²) in [6.45, 7) is 6.98. The number of hydrogen-bond donors (Lipinski definition) is 2. The molecule has 0 aromatic heterocycles. The fraction of sp³-hybridized carbons (Fsp3) is 0.772. The quantitative estimate of drug-likeness (QED) is 0.0205. The van der Waals surface area contributed by atoms with E-state index >= 15 is 0 Å². The van der Waals surface area contributed by atoms with Crippen molar-refractivity contribution in [1.82, 2.24) is 5.32 Å². The Morgan fingerprint density at radius 1 is 0.393 bits per heavy atom. The topological polar surface area (TPSA) is 111 Å². The van der Waals surface area contributed by atoms with Crippen molar-refractivity contribution in [3.63, 3.8) is 0 Å². The van der Waals surface area contributed by atoms with Gasteiger partial charge in [-0.2, -0.15) is 0 Å². The highest BCUT2D eigenvalue weighted by atomic mass is 31.2. The number of esters is 1. The van der Waals surface area contributed by atoms with Crippen LogP contribution in [-0.2, 0) is 27.9 Å². The predicted molar refractivity (Wildman–Crippen MR) is 387 cm³/mol. The van der Waals surface area contributed by atoms with Crippen molar-refractivity contribution >= 4 is 19.7 Å². The minimum atomic E-state index is -4.46. The lowest BCUT2D eigenvalue weighted by Gasteiger charge is -2.27. The van der Waals surface area contributed by atoms with Gasteiger partial charge in [-0.25, -0.2) is 4.57 Å². The van der Waals surface area contributed by atoms with E-state index in [2.05, 4.69) is 111 Å². The second-order valence-electron chi connectivity index (χ2n) is 26.5. The number of carbonyl (C=O) groups excluding carboxylic acids is 2. The first-order valence-corrected chi connectivity index (χ1v) is 39.1. The van der Waals surface area contributed by atoms with Gasteiger partial charge in [-0.05, 0) is 115 Å². The highest BCUT2D eigenvalue weighted by Crippen LogP contribution is 2.43. The summed E-state index contributed by atoms with van der Waals surface area (Å²) in [5.74, 6) is -0.507. The van der Waals surface area contributed by atoms with Crippen LogP contribution >= 0.6 is 7.82 Å². The van der Waals surface area contributed by atoms with E-state index in [1.807, 2.05) is 33.3 Å². The SMILES string of the molecule is CCCCC/C=C\C/C=C\C/C=C\C/C=C\CCCCCCCCCCCC(=O)NC(COP(=O)(O)OCC[N+](C)(C)C)C(/C=C/CCCCCCCCCCC)OC(=O)CCCCCCCCCCCCCCCC/C=C\C/C=C\C/C=C\CCCCC. The number of ether oxygens (including phenoxy) is 1. The van der Waals surface area contributed by atoms with E-state index in [1.54, 1.807) is 0 Å². The molecule has 89 heavy (non-hydrogen) atoms. The average molecular weight is 1270 g/mol. The van der Waals surface area contributed by atoms with Crippen molar-refractivity contribution in [1.29, 1.82) is 0 Å². The van der Waals surface area contributed by atoms with Gasteiger partial charge in [0.05, 0.1) is 33.8 Å². The number of hydrogen-bond acceptors (Lipinski definition) is 6. The second-order valence-corrected chi connectivity index (χ2v) is 27.9. The first-order chi connectivity index (χ1) is 43.4. The maximum Gasteiger partial charge on any atom is 0.472 e. The summed E-state index contributed by atoms with van der Waals surface area (Å²) < 4.78 is 30.9. The van der Waals surface area contributed by atoms with Crippen LogP contribution in [0.1, 0.15) is 342 Å². The lowest BCUT2D eigenvalue weighted by molar-refractivity contribution is -0.870. The van der Waals surface area contributed by atoms with Crippen molar-refractivity contribution in [2.45, 2.75) is 354 Å². The molecule has 0 radical (unpaired) electrons. The maximum absolute atomic E-state index is 13.6. The number of unbranched alkanes of at least 4 members (excludes halogenated alkanes) is 38. The highest BCUT2D eigenvalue weighted by Gasteiger charge is 2.30. The molecule has 0 saturated carbocycles. The average Bonchev–Trinajstić information content (AvgIpc) is 3.62. The number of quaternary nitrogens is 1. The Balaban J connectivity index is 4.97.